The lowest BCUT2D eigenvalue weighted by atomic mass is 9.94. The van der Waals surface area contributed by atoms with Gasteiger partial charge in [-0.15, -0.1) is 10.2 Å². The first-order chi connectivity index (χ1) is 18.0. The molecule has 1 aliphatic rings. The van der Waals surface area contributed by atoms with E-state index < -0.39 is 0 Å². The van der Waals surface area contributed by atoms with Crippen LogP contribution in [0.4, 0.5) is 5.69 Å². The fourth-order valence-corrected chi connectivity index (χ4v) is 4.76. The number of aryl methyl sites for hydroxylation is 1. The number of rotatable bonds is 6. The third kappa shape index (κ3) is 5.45. The molecule has 1 aliphatic carbocycles. The van der Waals surface area contributed by atoms with Crippen LogP contribution in [0, 0.1) is 6.92 Å². The summed E-state index contributed by atoms with van der Waals surface area (Å²) >= 11 is 0. The van der Waals surface area contributed by atoms with Crippen LogP contribution >= 0.6 is 0 Å². The summed E-state index contributed by atoms with van der Waals surface area (Å²) in [6.07, 6.45) is 5.74. The van der Waals surface area contributed by atoms with E-state index in [1.165, 1.54) is 19.3 Å². The van der Waals surface area contributed by atoms with Crippen LogP contribution in [0.3, 0.4) is 0 Å². The van der Waals surface area contributed by atoms with Crippen LogP contribution in [0.2, 0.25) is 0 Å². The molecule has 7 nitrogen and oxygen atoms in total. The maximum atomic E-state index is 12.9. The maximum Gasteiger partial charge on any atom is 0.255 e. The van der Waals surface area contributed by atoms with Crippen LogP contribution in [0.1, 0.15) is 58.4 Å². The van der Waals surface area contributed by atoms with Crippen molar-refractivity contribution in [2.24, 2.45) is 0 Å². The molecule has 1 aromatic heterocycles. The van der Waals surface area contributed by atoms with Gasteiger partial charge in [-0.1, -0.05) is 37.5 Å². The fourth-order valence-electron chi connectivity index (χ4n) is 4.76. The Morgan fingerprint density at radius 3 is 2.19 bits per heavy atom. The van der Waals surface area contributed by atoms with Gasteiger partial charge in [0.2, 0.25) is 11.8 Å². The summed E-state index contributed by atoms with van der Waals surface area (Å²) < 4.78 is 5.86. The van der Waals surface area contributed by atoms with Crippen molar-refractivity contribution in [3.63, 3.8) is 0 Å². The number of carbonyl (C=O) groups excluding carboxylic acids is 2. The van der Waals surface area contributed by atoms with Gasteiger partial charge in [0.1, 0.15) is 0 Å². The van der Waals surface area contributed by atoms with Crippen molar-refractivity contribution < 1.29 is 14.0 Å². The van der Waals surface area contributed by atoms with E-state index in [2.05, 4.69) is 15.5 Å². The molecular formula is C30H30N4O3. The second-order valence-electron chi connectivity index (χ2n) is 9.54. The minimum absolute atomic E-state index is 0.0203. The number of aromatic nitrogens is 2. The van der Waals surface area contributed by atoms with Crippen molar-refractivity contribution in [1.82, 2.24) is 15.1 Å². The predicted molar refractivity (Wildman–Crippen MR) is 143 cm³/mol. The van der Waals surface area contributed by atoms with E-state index in [-0.39, 0.29) is 11.8 Å². The Morgan fingerprint density at radius 2 is 1.49 bits per heavy atom. The van der Waals surface area contributed by atoms with E-state index in [1.807, 2.05) is 43.1 Å². The minimum atomic E-state index is -0.240. The minimum Gasteiger partial charge on any atom is -0.416 e. The van der Waals surface area contributed by atoms with Gasteiger partial charge >= 0.3 is 0 Å². The molecule has 5 rings (SSSR count). The summed E-state index contributed by atoms with van der Waals surface area (Å²) in [7, 11) is 1.88. The van der Waals surface area contributed by atoms with Crippen molar-refractivity contribution in [3.05, 3.63) is 89.5 Å². The molecule has 2 amide bonds. The highest BCUT2D eigenvalue weighted by Crippen LogP contribution is 2.27. The van der Waals surface area contributed by atoms with Crippen LogP contribution in [-0.2, 0) is 0 Å². The summed E-state index contributed by atoms with van der Waals surface area (Å²) in [4.78, 5) is 27.5. The molecule has 1 fully saturated rings. The Kier molecular flexibility index (Phi) is 7.12. The molecule has 3 aromatic carbocycles. The maximum absolute atomic E-state index is 12.9. The quantitative estimate of drug-likeness (QED) is 0.336. The van der Waals surface area contributed by atoms with Crippen LogP contribution in [-0.4, -0.2) is 40.0 Å². The lowest BCUT2D eigenvalue weighted by molar-refractivity contribution is 0.0696. The fraction of sp³-hybridized carbons (Fsp3) is 0.267. The van der Waals surface area contributed by atoms with Crippen LogP contribution in [0.25, 0.3) is 22.9 Å². The lowest BCUT2D eigenvalue weighted by Crippen LogP contribution is -2.38. The van der Waals surface area contributed by atoms with E-state index in [4.69, 9.17) is 4.42 Å². The molecule has 0 bridgehead atoms. The number of nitrogens with one attached hydrogen (secondary N) is 1. The number of hydrogen-bond acceptors (Lipinski definition) is 5. The summed E-state index contributed by atoms with van der Waals surface area (Å²) in [6.45, 7) is 1.99. The third-order valence-corrected chi connectivity index (χ3v) is 7.03. The van der Waals surface area contributed by atoms with Crippen molar-refractivity contribution in [2.75, 3.05) is 12.4 Å². The number of anilines is 1. The summed E-state index contributed by atoms with van der Waals surface area (Å²) in [5, 5.41) is 11.2. The second kappa shape index (κ2) is 10.8. The molecule has 4 aromatic rings. The SMILES string of the molecule is Cc1ccccc1-c1nnc(-c2ccc(C(=O)Nc3ccc(C(=O)N(C)C4CCCCC4)cc3)cc2)o1. The zero-order valence-corrected chi connectivity index (χ0v) is 21.1. The van der Waals surface area contributed by atoms with Gasteiger partial charge in [0.25, 0.3) is 11.8 Å². The monoisotopic (exact) mass is 494 g/mol. The molecule has 1 heterocycles. The molecule has 0 unspecified atom stereocenters. The molecule has 0 aliphatic heterocycles. The molecular weight excluding hydrogens is 464 g/mol. The van der Waals surface area contributed by atoms with E-state index in [9.17, 15) is 9.59 Å². The van der Waals surface area contributed by atoms with Crippen LogP contribution < -0.4 is 5.32 Å². The molecule has 1 saturated carbocycles. The Bertz CT molecular complexity index is 1390. The Labute approximate surface area is 216 Å². The molecule has 0 radical (unpaired) electrons. The zero-order chi connectivity index (χ0) is 25.8. The Hall–Kier alpha value is -4.26. The van der Waals surface area contributed by atoms with Gasteiger partial charge in [-0.3, -0.25) is 9.59 Å². The Balaban J connectivity index is 1.21. The van der Waals surface area contributed by atoms with Gasteiger partial charge in [-0.2, -0.15) is 0 Å². The van der Waals surface area contributed by atoms with Gasteiger partial charge in [0.05, 0.1) is 0 Å². The largest absolute Gasteiger partial charge is 0.416 e. The predicted octanol–water partition coefficient (Wildman–Crippen LogP) is 6.37. The summed E-state index contributed by atoms with van der Waals surface area (Å²) in [6, 6.07) is 22.2. The average Bonchev–Trinajstić information content (AvgIpc) is 3.43. The lowest BCUT2D eigenvalue weighted by Gasteiger charge is -2.31. The van der Waals surface area contributed by atoms with Crippen molar-refractivity contribution >= 4 is 17.5 Å². The topological polar surface area (TPSA) is 88.3 Å². The number of nitrogens with zero attached hydrogens (tertiary/aromatic N) is 3. The second-order valence-corrected chi connectivity index (χ2v) is 9.54. The number of hydrogen-bond donors (Lipinski definition) is 1. The molecule has 0 atom stereocenters. The third-order valence-electron chi connectivity index (χ3n) is 7.03. The number of amides is 2. The molecule has 188 valence electrons. The van der Waals surface area contributed by atoms with Gasteiger partial charge < -0.3 is 14.6 Å². The number of carbonyl (C=O) groups is 2. The van der Waals surface area contributed by atoms with Crippen molar-refractivity contribution in [2.45, 2.75) is 45.1 Å². The first-order valence-electron chi connectivity index (χ1n) is 12.7. The summed E-state index contributed by atoms with van der Waals surface area (Å²) in [5.41, 5.74) is 4.43. The average molecular weight is 495 g/mol. The van der Waals surface area contributed by atoms with Gasteiger partial charge in [-0.25, -0.2) is 0 Å². The van der Waals surface area contributed by atoms with Gasteiger partial charge in [-0.05, 0) is 79.9 Å². The first kappa shape index (κ1) is 24.4. The van der Waals surface area contributed by atoms with Gasteiger partial charge in [0, 0.05) is 41.0 Å². The number of benzene rings is 3. The smallest absolute Gasteiger partial charge is 0.255 e. The van der Waals surface area contributed by atoms with Gasteiger partial charge in [0.15, 0.2) is 0 Å². The highest BCUT2D eigenvalue weighted by molar-refractivity contribution is 6.04. The highest BCUT2D eigenvalue weighted by atomic mass is 16.4. The molecule has 1 N–H and O–H groups in total. The normalized spacial score (nSPS) is 13.8. The molecule has 0 saturated heterocycles. The zero-order valence-electron chi connectivity index (χ0n) is 21.1. The molecule has 7 heteroatoms. The summed E-state index contributed by atoms with van der Waals surface area (Å²) in [5.74, 6) is 0.633. The Morgan fingerprint density at radius 1 is 0.838 bits per heavy atom. The molecule has 37 heavy (non-hydrogen) atoms. The van der Waals surface area contributed by atoms with Crippen molar-refractivity contribution in [3.8, 4) is 22.9 Å². The van der Waals surface area contributed by atoms with Crippen LogP contribution in [0.5, 0.6) is 0 Å². The standard InChI is InChI=1S/C30H30N4O3/c1-20-8-6-7-11-26(20)29-33-32-28(37-29)22-14-12-21(13-15-22)27(35)31-24-18-16-23(17-19-24)30(36)34(2)25-9-4-3-5-10-25/h6-8,11-19,25H,3-5,9-10H2,1-2H3,(H,31,35). The molecule has 0 spiro atoms. The van der Waals surface area contributed by atoms with E-state index in [0.29, 0.717) is 34.6 Å². The first-order valence-corrected chi connectivity index (χ1v) is 12.7. The van der Waals surface area contributed by atoms with Crippen LogP contribution in [0.15, 0.2) is 77.2 Å². The van der Waals surface area contributed by atoms with E-state index in [1.54, 1.807) is 48.5 Å². The highest BCUT2D eigenvalue weighted by Gasteiger charge is 2.23. The van der Waals surface area contributed by atoms with E-state index >= 15 is 0 Å². The van der Waals surface area contributed by atoms with E-state index in [0.717, 1.165) is 29.5 Å². The van der Waals surface area contributed by atoms with Crippen molar-refractivity contribution in [1.29, 1.82) is 0 Å².